The lowest BCUT2D eigenvalue weighted by Crippen LogP contribution is -2.50. The Balaban J connectivity index is 2.74. The normalized spacial score (nSPS) is 19.7. The van der Waals surface area contributed by atoms with Crippen LogP contribution in [0.15, 0.2) is 0 Å². The van der Waals surface area contributed by atoms with Crippen molar-refractivity contribution in [3.05, 3.63) is 0 Å². The Morgan fingerprint density at radius 1 is 1.37 bits per heavy atom. The molecule has 0 aromatic rings. The SMILES string of the molecule is CC(C)N(C)C(=O)C1CSCN1C(=O)OC(C)(C)C. The van der Waals surface area contributed by atoms with Crippen LogP contribution in [-0.4, -0.2) is 58.2 Å². The second kappa shape index (κ2) is 6.03. The maximum absolute atomic E-state index is 12.3. The number of amides is 2. The topological polar surface area (TPSA) is 49.9 Å². The molecule has 19 heavy (non-hydrogen) atoms. The van der Waals surface area contributed by atoms with Gasteiger partial charge in [-0.25, -0.2) is 4.79 Å². The summed E-state index contributed by atoms with van der Waals surface area (Å²) in [6.45, 7) is 9.39. The molecule has 2 amide bonds. The molecule has 1 saturated heterocycles. The first kappa shape index (κ1) is 16.1. The summed E-state index contributed by atoms with van der Waals surface area (Å²) in [4.78, 5) is 27.6. The Hall–Kier alpha value is -0.910. The van der Waals surface area contributed by atoms with Crippen molar-refractivity contribution in [1.82, 2.24) is 9.80 Å². The zero-order valence-electron chi connectivity index (χ0n) is 12.6. The van der Waals surface area contributed by atoms with Crippen molar-refractivity contribution in [3.8, 4) is 0 Å². The van der Waals surface area contributed by atoms with Crippen LogP contribution < -0.4 is 0 Å². The van der Waals surface area contributed by atoms with E-state index in [2.05, 4.69) is 0 Å². The number of ether oxygens (including phenoxy) is 1. The van der Waals surface area contributed by atoms with Crippen molar-refractivity contribution in [2.24, 2.45) is 0 Å². The summed E-state index contributed by atoms with van der Waals surface area (Å²) in [6, 6.07) is -0.286. The Kier molecular flexibility index (Phi) is 5.12. The molecule has 5 nitrogen and oxygen atoms in total. The summed E-state index contributed by atoms with van der Waals surface area (Å²) in [7, 11) is 1.77. The van der Waals surface area contributed by atoms with E-state index in [9.17, 15) is 9.59 Å². The number of hydrogen-bond donors (Lipinski definition) is 0. The van der Waals surface area contributed by atoms with Crippen LogP contribution in [0.1, 0.15) is 34.6 Å². The first-order valence-electron chi connectivity index (χ1n) is 6.47. The quantitative estimate of drug-likeness (QED) is 0.781. The van der Waals surface area contributed by atoms with Crippen molar-refractivity contribution >= 4 is 23.8 Å². The standard InChI is InChI=1S/C13H24N2O3S/c1-9(2)14(6)11(16)10-7-19-8-15(10)12(17)18-13(3,4)5/h9-10H,7-8H2,1-6H3. The summed E-state index contributed by atoms with van der Waals surface area (Å²) in [5.74, 6) is 1.12. The van der Waals surface area contributed by atoms with E-state index >= 15 is 0 Å². The minimum Gasteiger partial charge on any atom is -0.444 e. The van der Waals surface area contributed by atoms with Gasteiger partial charge in [0.1, 0.15) is 11.6 Å². The molecule has 110 valence electrons. The second-order valence-electron chi connectivity index (χ2n) is 6.01. The van der Waals surface area contributed by atoms with E-state index in [0.29, 0.717) is 11.6 Å². The first-order valence-corrected chi connectivity index (χ1v) is 7.63. The third-order valence-electron chi connectivity index (χ3n) is 2.92. The van der Waals surface area contributed by atoms with E-state index in [1.807, 2.05) is 34.6 Å². The Labute approximate surface area is 119 Å². The second-order valence-corrected chi connectivity index (χ2v) is 7.01. The minimum atomic E-state index is -0.540. The molecule has 1 fully saturated rings. The van der Waals surface area contributed by atoms with Gasteiger partial charge in [-0.2, -0.15) is 0 Å². The molecule has 0 aliphatic carbocycles. The highest BCUT2D eigenvalue weighted by molar-refractivity contribution is 7.99. The summed E-state index contributed by atoms with van der Waals surface area (Å²) in [5, 5.41) is 0. The van der Waals surface area contributed by atoms with Crippen molar-refractivity contribution < 1.29 is 14.3 Å². The Morgan fingerprint density at radius 3 is 2.42 bits per heavy atom. The van der Waals surface area contributed by atoms with Crippen LogP contribution >= 0.6 is 11.8 Å². The summed E-state index contributed by atoms with van der Waals surface area (Å²) in [6.07, 6.45) is -0.409. The number of hydrogen-bond acceptors (Lipinski definition) is 4. The molecule has 1 aliphatic heterocycles. The van der Waals surface area contributed by atoms with Gasteiger partial charge in [-0.15, -0.1) is 11.8 Å². The third kappa shape index (κ3) is 4.30. The molecule has 1 heterocycles. The summed E-state index contributed by atoms with van der Waals surface area (Å²) in [5.41, 5.74) is -0.540. The largest absolute Gasteiger partial charge is 0.444 e. The molecule has 1 aliphatic rings. The molecule has 1 atom stereocenters. The fourth-order valence-electron chi connectivity index (χ4n) is 1.64. The van der Waals surface area contributed by atoms with Gasteiger partial charge in [0.25, 0.3) is 0 Å². The van der Waals surface area contributed by atoms with Crippen molar-refractivity contribution in [2.75, 3.05) is 18.7 Å². The van der Waals surface area contributed by atoms with Crippen LogP contribution in [0.2, 0.25) is 0 Å². The number of nitrogens with zero attached hydrogens (tertiary/aromatic N) is 2. The summed E-state index contributed by atoms with van der Waals surface area (Å²) < 4.78 is 5.35. The zero-order valence-corrected chi connectivity index (χ0v) is 13.4. The Bertz CT molecular complexity index is 352. The van der Waals surface area contributed by atoms with E-state index in [1.165, 1.54) is 4.90 Å². The zero-order chi connectivity index (χ0) is 14.8. The highest BCUT2D eigenvalue weighted by atomic mass is 32.2. The van der Waals surface area contributed by atoms with Crippen molar-refractivity contribution in [3.63, 3.8) is 0 Å². The van der Waals surface area contributed by atoms with Crippen molar-refractivity contribution in [2.45, 2.75) is 52.3 Å². The minimum absolute atomic E-state index is 0.0224. The van der Waals surface area contributed by atoms with Crippen LogP contribution in [0.3, 0.4) is 0 Å². The molecule has 1 rings (SSSR count). The monoisotopic (exact) mass is 288 g/mol. The molecule has 1 unspecified atom stereocenters. The van der Waals surface area contributed by atoms with E-state index in [-0.39, 0.29) is 11.9 Å². The molecule has 0 aromatic heterocycles. The predicted octanol–water partition coefficient (Wildman–Crippen LogP) is 2.16. The molecule has 0 saturated carbocycles. The van der Waals surface area contributed by atoms with Crippen LogP contribution in [-0.2, 0) is 9.53 Å². The molecule has 6 heteroatoms. The lowest BCUT2D eigenvalue weighted by atomic mass is 10.2. The lowest BCUT2D eigenvalue weighted by Gasteiger charge is -2.31. The summed E-state index contributed by atoms with van der Waals surface area (Å²) >= 11 is 1.58. The number of likely N-dealkylation sites (N-methyl/N-ethyl adjacent to an activating group) is 1. The van der Waals surface area contributed by atoms with Crippen LogP contribution in [0.25, 0.3) is 0 Å². The molecule has 0 bridgehead atoms. The Morgan fingerprint density at radius 2 is 1.95 bits per heavy atom. The molecular weight excluding hydrogens is 264 g/mol. The van der Waals surface area contributed by atoms with Gasteiger partial charge in [-0.3, -0.25) is 9.69 Å². The number of thioether (sulfide) groups is 1. The van der Waals surface area contributed by atoms with Gasteiger partial charge in [0, 0.05) is 18.8 Å². The van der Waals surface area contributed by atoms with Gasteiger partial charge < -0.3 is 9.64 Å². The highest BCUT2D eigenvalue weighted by Crippen LogP contribution is 2.25. The lowest BCUT2D eigenvalue weighted by molar-refractivity contribution is -0.135. The van der Waals surface area contributed by atoms with Crippen molar-refractivity contribution in [1.29, 1.82) is 0 Å². The molecule has 0 spiro atoms. The molecule has 0 radical (unpaired) electrons. The maximum atomic E-state index is 12.3. The van der Waals surface area contributed by atoms with Gasteiger partial charge in [-0.05, 0) is 34.6 Å². The van der Waals surface area contributed by atoms with Gasteiger partial charge in [0.15, 0.2) is 0 Å². The van der Waals surface area contributed by atoms with E-state index in [1.54, 1.807) is 23.7 Å². The van der Waals surface area contributed by atoms with Crippen LogP contribution in [0, 0.1) is 0 Å². The predicted molar refractivity (Wildman–Crippen MR) is 77.1 cm³/mol. The fourth-order valence-corrected chi connectivity index (χ4v) is 2.77. The first-order chi connectivity index (χ1) is 8.63. The fraction of sp³-hybridized carbons (Fsp3) is 0.846. The number of rotatable bonds is 2. The number of carbonyl (C=O) groups is 2. The molecule has 0 aromatic carbocycles. The van der Waals surface area contributed by atoms with E-state index < -0.39 is 17.7 Å². The number of carbonyl (C=O) groups excluding carboxylic acids is 2. The highest BCUT2D eigenvalue weighted by Gasteiger charge is 2.38. The van der Waals surface area contributed by atoms with Crippen LogP contribution in [0.5, 0.6) is 0 Å². The van der Waals surface area contributed by atoms with Gasteiger partial charge in [0.2, 0.25) is 5.91 Å². The molecular formula is C13H24N2O3S. The van der Waals surface area contributed by atoms with Crippen LogP contribution in [0.4, 0.5) is 4.79 Å². The van der Waals surface area contributed by atoms with E-state index in [4.69, 9.17) is 4.74 Å². The third-order valence-corrected chi connectivity index (χ3v) is 3.93. The smallest absolute Gasteiger partial charge is 0.411 e. The van der Waals surface area contributed by atoms with E-state index in [0.717, 1.165) is 0 Å². The average Bonchev–Trinajstić information content (AvgIpc) is 2.73. The molecule has 0 N–H and O–H groups in total. The van der Waals surface area contributed by atoms with Gasteiger partial charge in [0.05, 0.1) is 5.88 Å². The maximum Gasteiger partial charge on any atom is 0.411 e. The average molecular weight is 288 g/mol. The van der Waals surface area contributed by atoms with Gasteiger partial charge in [-0.1, -0.05) is 0 Å². The van der Waals surface area contributed by atoms with Gasteiger partial charge >= 0.3 is 6.09 Å².